The van der Waals surface area contributed by atoms with Crippen molar-refractivity contribution >= 4 is 33.2 Å². The van der Waals surface area contributed by atoms with Crippen LogP contribution in [0.5, 0.6) is 0 Å². The Kier molecular flexibility index (Phi) is 4.17. The van der Waals surface area contributed by atoms with Crippen LogP contribution in [-0.2, 0) is 21.8 Å². The molecule has 0 nitrogen and oxygen atoms in total. The molecular formula is C26H23Zr. The van der Waals surface area contributed by atoms with Gasteiger partial charge in [0, 0.05) is 0 Å². The molecule has 0 fully saturated rings. The number of allylic oxidation sites excluding steroid dienone is 1. The number of hydrogen-bond acceptors (Lipinski definition) is 0. The van der Waals surface area contributed by atoms with Crippen LogP contribution in [0.3, 0.4) is 0 Å². The van der Waals surface area contributed by atoms with E-state index < -0.39 is 21.8 Å². The van der Waals surface area contributed by atoms with Gasteiger partial charge in [0.15, 0.2) is 0 Å². The van der Waals surface area contributed by atoms with Gasteiger partial charge in [-0.15, -0.1) is 0 Å². The molecule has 0 saturated carbocycles. The molecule has 0 aliphatic heterocycles. The Bertz CT molecular complexity index is 1210. The topological polar surface area (TPSA) is 0 Å². The van der Waals surface area contributed by atoms with Crippen LogP contribution in [0.15, 0.2) is 72.8 Å². The molecule has 0 amide bonds. The molecule has 4 aromatic carbocycles. The monoisotopic (exact) mass is 425 g/mol. The first-order chi connectivity index (χ1) is 13.1. The predicted octanol–water partition coefficient (Wildman–Crippen LogP) is 7.61. The first-order valence-corrected chi connectivity index (χ1v) is 16.0. The molecule has 0 aromatic heterocycles. The van der Waals surface area contributed by atoms with E-state index >= 15 is 0 Å². The summed E-state index contributed by atoms with van der Waals surface area (Å²) in [5, 5.41) is 5.48. The first kappa shape index (κ1) is 17.1. The Morgan fingerprint density at radius 3 is 2.37 bits per heavy atom. The fourth-order valence-corrected chi connectivity index (χ4v) is 8.99. The van der Waals surface area contributed by atoms with Gasteiger partial charge in [-0.25, -0.2) is 0 Å². The van der Waals surface area contributed by atoms with Crippen LogP contribution in [-0.4, -0.2) is 0 Å². The molecule has 0 bridgehead atoms. The molecule has 0 radical (unpaired) electrons. The van der Waals surface area contributed by atoms with Gasteiger partial charge >= 0.3 is 170 Å². The minimum atomic E-state index is -1.53. The van der Waals surface area contributed by atoms with Crippen molar-refractivity contribution in [1.29, 1.82) is 0 Å². The molecule has 0 saturated heterocycles. The number of hydrogen-bond donors (Lipinski definition) is 0. The van der Waals surface area contributed by atoms with Crippen molar-refractivity contribution in [2.75, 3.05) is 0 Å². The number of fused-ring (bicyclic) bond motifs is 4. The third-order valence-electron chi connectivity index (χ3n) is 5.80. The van der Waals surface area contributed by atoms with Gasteiger partial charge in [0.25, 0.3) is 0 Å². The molecule has 4 aromatic rings. The first-order valence-electron chi connectivity index (χ1n) is 9.66. The van der Waals surface area contributed by atoms with E-state index in [1.54, 1.807) is 11.1 Å². The summed E-state index contributed by atoms with van der Waals surface area (Å²) in [6.45, 7) is 2.23. The zero-order valence-electron chi connectivity index (χ0n) is 16.1. The fraction of sp³-hybridized carbons (Fsp3) is 0.154. The van der Waals surface area contributed by atoms with Gasteiger partial charge in [0.1, 0.15) is 0 Å². The van der Waals surface area contributed by atoms with E-state index in [4.69, 9.17) is 0 Å². The molecule has 0 heterocycles. The molecule has 0 N–H and O–H groups in total. The molecule has 1 aliphatic carbocycles. The average Bonchev–Trinajstić information content (AvgIpc) is 3.06. The van der Waals surface area contributed by atoms with Gasteiger partial charge in [-0.05, 0) is 0 Å². The zero-order valence-corrected chi connectivity index (χ0v) is 18.5. The molecule has 1 aliphatic rings. The molecule has 5 rings (SSSR count). The standard InChI is InChI=1S/C24H17.2CH3.Zr/c1-16-12-20-11-10-17-6-4-5-9-22(17)24(20)23(13-16)21-14-18-7-2-3-8-19(18)15-21;;;/h2-15H,1H3;2*1H3;. The van der Waals surface area contributed by atoms with Crippen LogP contribution in [0.25, 0.3) is 33.2 Å². The van der Waals surface area contributed by atoms with E-state index in [0.717, 1.165) is 0 Å². The van der Waals surface area contributed by atoms with Crippen molar-refractivity contribution in [2.24, 2.45) is 0 Å². The Morgan fingerprint density at radius 1 is 0.778 bits per heavy atom. The van der Waals surface area contributed by atoms with Gasteiger partial charge in [-0.1, -0.05) is 0 Å². The minimum absolute atomic E-state index is 0.646. The Hall–Kier alpha value is -1.98. The normalized spacial score (nSPS) is 15.8. The predicted molar refractivity (Wildman–Crippen MR) is 115 cm³/mol. The van der Waals surface area contributed by atoms with Crippen molar-refractivity contribution in [3.63, 3.8) is 0 Å². The van der Waals surface area contributed by atoms with Gasteiger partial charge in [-0.3, -0.25) is 0 Å². The van der Waals surface area contributed by atoms with Crippen molar-refractivity contribution in [3.8, 4) is 0 Å². The van der Waals surface area contributed by atoms with Crippen LogP contribution in [0.1, 0.15) is 25.9 Å². The second-order valence-electron chi connectivity index (χ2n) is 7.94. The summed E-state index contributed by atoms with van der Waals surface area (Å²) in [4.78, 5) is 0. The van der Waals surface area contributed by atoms with E-state index in [2.05, 4.69) is 95.1 Å². The zero-order chi connectivity index (χ0) is 18.5. The SMILES string of the molecule is Cc1cc(C2=Cc3ccccc3[CH]2[Zr]([CH3])[CH3])c2c(ccc3ccccc32)c1. The van der Waals surface area contributed by atoms with Gasteiger partial charge in [-0.2, -0.15) is 0 Å². The summed E-state index contributed by atoms with van der Waals surface area (Å²) in [6, 6.07) is 27.2. The summed E-state index contributed by atoms with van der Waals surface area (Å²) in [7, 11) is 0. The van der Waals surface area contributed by atoms with Crippen molar-refractivity contribution < 1.29 is 21.8 Å². The van der Waals surface area contributed by atoms with E-state index in [1.165, 1.54) is 38.2 Å². The van der Waals surface area contributed by atoms with Crippen LogP contribution in [0, 0.1) is 6.92 Å². The molecule has 1 unspecified atom stereocenters. The Balaban J connectivity index is 1.87. The van der Waals surface area contributed by atoms with Crippen molar-refractivity contribution in [2.45, 2.75) is 19.8 Å². The molecule has 1 heteroatoms. The number of aryl methyl sites for hydroxylation is 1. The summed E-state index contributed by atoms with van der Waals surface area (Å²) in [6.07, 6.45) is 2.48. The molecule has 27 heavy (non-hydrogen) atoms. The van der Waals surface area contributed by atoms with Gasteiger partial charge < -0.3 is 0 Å². The summed E-state index contributed by atoms with van der Waals surface area (Å²) < 4.78 is 5.73. The Morgan fingerprint density at radius 2 is 1.52 bits per heavy atom. The molecular weight excluding hydrogens is 404 g/mol. The summed E-state index contributed by atoms with van der Waals surface area (Å²) >= 11 is -1.53. The quantitative estimate of drug-likeness (QED) is 0.289. The van der Waals surface area contributed by atoms with Crippen LogP contribution < -0.4 is 0 Å². The summed E-state index contributed by atoms with van der Waals surface area (Å²) in [5.74, 6) is 0. The van der Waals surface area contributed by atoms with Gasteiger partial charge in [0.2, 0.25) is 0 Å². The molecule has 131 valence electrons. The fourth-order valence-electron chi connectivity index (χ4n) is 4.70. The molecule has 0 spiro atoms. The average molecular weight is 427 g/mol. The summed E-state index contributed by atoms with van der Waals surface area (Å²) in [5.41, 5.74) is 7.34. The van der Waals surface area contributed by atoms with Crippen molar-refractivity contribution in [1.82, 2.24) is 0 Å². The van der Waals surface area contributed by atoms with Gasteiger partial charge in [0.05, 0.1) is 0 Å². The van der Waals surface area contributed by atoms with Crippen LogP contribution in [0.2, 0.25) is 9.26 Å². The van der Waals surface area contributed by atoms with E-state index in [9.17, 15) is 0 Å². The second-order valence-corrected chi connectivity index (χ2v) is 14.7. The van der Waals surface area contributed by atoms with Crippen molar-refractivity contribution in [3.05, 3.63) is 95.1 Å². The molecule has 1 atom stereocenters. The van der Waals surface area contributed by atoms with E-state index in [-0.39, 0.29) is 0 Å². The van der Waals surface area contributed by atoms with E-state index in [0.29, 0.717) is 3.63 Å². The van der Waals surface area contributed by atoms with E-state index in [1.807, 2.05) is 0 Å². The van der Waals surface area contributed by atoms with Crippen LogP contribution >= 0.6 is 0 Å². The second kappa shape index (κ2) is 6.57. The third kappa shape index (κ3) is 2.76. The maximum absolute atomic E-state index is 2.54. The van der Waals surface area contributed by atoms with Crippen LogP contribution in [0.4, 0.5) is 0 Å². The Labute approximate surface area is 169 Å². The third-order valence-corrected chi connectivity index (χ3v) is 10.2. The maximum atomic E-state index is 2.54. The number of rotatable bonds is 2. The number of benzene rings is 4.